The third-order valence-corrected chi connectivity index (χ3v) is 2.56. The molecule has 0 atom stereocenters. The van der Waals surface area contributed by atoms with E-state index in [1.807, 2.05) is 0 Å². The number of hydrogen-bond donors (Lipinski definition) is 1. The van der Waals surface area contributed by atoms with Gasteiger partial charge in [0.25, 0.3) is 6.43 Å². The van der Waals surface area contributed by atoms with Crippen molar-refractivity contribution in [1.29, 1.82) is 0 Å². The summed E-state index contributed by atoms with van der Waals surface area (Å²) < 4.78 is 65.4. The largest absolute Gasteiger partial charge is 0.573 e. The molecule has 9 heteroatoms. The van der Waals surface area contributed by atoms with Crippen molar-refractivity contribution >= 4 is 15.9 Å². The zero-order chi connectivity index (χ0) is 13.9. The highest BCUT2D eigenvalue weighted by Gasteiger charge is 2.34. The fourth-order valence-electron chi connectivity index (χ4n) is 1.33. The number of rotatable bonds is 4. The minimum absolute atomic E-state index is 0.284. The Morgan fingerprint density at radius 1 is 1.39 bits per heavy atom. The van der Waals surface area contributed by atoms with Crippen molar-refractivity contribution in [3.05, 3.63) is 23.0 Å². The van der Waals surface area contributed by atoms with E-state index in [1.165, 1.54) is 0 Å². The molecule has 0 bridgehead atoms. The molecule has 0 unspecified atom stereocenters. The van der Waals surface area contributed by atoms with E-state index in [2.05, 4.69) is 25.7 Å². The van der Waals surface area contributed by atoms with E-state index in [-0.39, 0.29) is 16.6 Å². The number of hydrogen-bond acceptors (Lipinski definition) is 3. The normalized spacial score (nSPS) is 12.0. The lowest BCUT2D eigenvalue weighted by atomic mass is 10.1. The standard InChI is InChI=1S/C9H7BrF5NO2/c10-1-4-6(18-9(13,14)15)2-16-5(3-17)7(4)8(11)12/h2,8,17H,1,3H2. The molecule has 0 aliphatic rings. The van der Waals surface area contributed by atoms with E-state index in [9.17, 15) is 22.0 Å². The van der Waals surface area contributed by atoms with Crippen LogP contribution in [0.5, 0.6) is 5.75 Å². The molecular formula is C9H7BrF5NO2. The Hall–Kier alpha value is -0.960. The molecule has 0 radical (unpaired) electrons. The second-order valence-electron chi connectivity index (χ2n) is 3.10. The number of pyridine rings is 1. The second-order valence-corrected chi connectivity index (χ2v) is 3.66. The van der Waals surface area contributed by atoms with E-state index < -0.39 is 30.7 Å². The Labute approximate surface area is 107 Å². The van der Waals surface area contributed by atoms with Crippen LogP contribution in [0.1, 0.15) is 23.2 Å². The van der Waals surface area contributed by atoms with Crippen LogP contribution in [0.3, 0.4) is 0 Å². The molecule has 0 saturated carbocycles. The van der Waals surface area contributed by atoms with Crippen LogP contribution >= 0.6 is 15.9 Å². The fraction of sp³-hybridized carbons (Fsp3) is 0.444. The predicted molar refractivity (Wildman–Crippen MR) is 54.4 cm³/mol. The minimum atomic E-state index is -5.00. The topological polar surface area (TPSA) is 42.4 Å². The van der Waals surface area contributed by atoms with Gasteiger partial charge in [0.05, 0.1) is 18.5 Å². The van der Waals surface area contributed by atoms with Crippen molar-refractivity contribution in [2.45, 2.75) is 24.7 Å². The first-order valence-corrected chi connectivity index (χ1v) is 5.63. The van der Waals surface area contributed by atoms with Crippen LogP contribution in [-0.4, -0.2) is 16.5 Å². The smallest absolute Gasteiger partial charge is 0.404 e. The Morgan fingerprint density at radius 2 is 2.00 bits per heavy atom. The summed E-state index contributed by atoms with van der Waals surface area (Å²) in [6.07, 6.45) is -7.41. The molecule has 0 amide bonds. The van der Waals surface area contributed by atoms with Gasteiger partial charge in [-0.2, -0.15) is 0 Å². The molecule has 0 aliphatic heterocycles. The van der Waals surface area contributed by atoms with Crippen LogP contribution in [0, 0.1) is 0 Å². The first-order valence-electron chi connectivity index (χ1n) is 4.51. The predicted octanol–water partition coefficient (Wildman–Crippen LogP) is 3.31. The van der Waals surface area contributed by atoms with Gasteiger partial charge >= 0.3 is 6.36 Å². The molecule has 18 heavy (non-hydrogen) atoms. The number of halogens is 6. The van der Waals surface area contributed by atoms with Gasteiger partial charge in [-0.3, -0.25) is 4.98 Å². The number of ether oxygens (including phenoxy) is 1. The molecule has 1 aromatic rings. The van der Waals surface area contributed by atoms with E-state index in [4.69, 9.17) is 5.11 Å². The summed E-state index contributed by atoms with van der Waals surface area (Å²) in [6, 6.07) is 0. The maximum atomic E-state index is 12.8. The quantitative estimate of drug-likeness (QED) is 0.678. The number of aliphatic hydroxyl groups excluding tert-OH is 1. The summed E-state index contributed by atoms with van der Waals surface area (Å²) in [5.41, 5.74) is -1.52. The van der Waals surface area contributed by atoms with Gasteiger partial charge in [-0.15, -0.1) is 13.2 Å². The average molecular weight is 336 g/mol. The van der Waals surface area contributed by atoms with Crippen LogP contribution < -0.4 is 4.74 Å². The minimum Gasteiger partial charge on any atom is -0.404 e. The highest BCUT2D eigenvalue weighted by atomic mass is 79.9. The van der Waals surface area contributed by atoms with Gasteiger partial charge < -0.3 is 9.84 Å². The molecule has 0 saturated heterocycles. The van der Waals surface area contributed by atoms with Crippen molar-refractivity contribution in [2.75, 3.05) is 0 Å². The summed E-state index contributed by atoms with van der Waals surface area (Å²) in [5, 5.41) is 8.55. The molecule has 1 N–H and O–H groups in total. The Morgan fingerprint density at radius 3 is 2.39 bits per heavy atom. The number of nitrogens with zero attached hydrogens (tertiary/aromatic N) is 1. The van der Waals surface area contributed by atoms with Crippen LogP contribution in [-0.2, 0) is 11.9 Å². The summed E-state index contributed by atoms with van der Waals surface area (Å²) in [5.74, 6) is -0.813. The Bertz CT molecular complexity index is 424. The molecule has 102 valence electrons. The Kier molecular flexibility index (Phi) is 4.85. The zero-order valence-corrected chi connectivity index (χ0v) is 10.2. The van der Waals surface area contributed by atoms with Gasteiger partial charge in [0, 0.05) is 16.5 Å². The highest BCUT2D eigenvalue weighted by Crippen LogP contribution is 2.35. The lowest BCUT2D eigenvalue weighted by Gasteiger charge is -2.16. The molecular weight excluding hydrogens is 329 g/mol. The lowest BCUT2D eigenvalue weighted by molar-refractivity contribution is -0.275. The van der Waals surface area contributed by atoms with Crippen LogP contribution in [0.2, 0.25) is 0 Å². The van der Waals surface area contributed by atoms with E-state index in [1.54, 1.807) is 0 Å². The van der Waals surface area contributed by atoms with E-state index >= 15 is 0 Å². The summed E-state index contributed by atoms with van der Waals surface area (Å²) in [6.45, 7) is -0.800. The maximum absolute atomic E-state index is 12.8. The zero-order valence-electron chi connectivity index (χ0n) is 8.64. The lowest BCUT2D eigenvalue weighted by Crippen LogP contribution is -2.19. The number of aliphatic hydroxyl groups is 1. The third-order valence-electron chi connectivity index (χ3n) is 2.00. The van der Waals surface area contributed by atoms with Gasteiger partial charge in [-0.25, -0.2) is 8.78 Å². The first kappa shape index (κ1) is 15.1. The van der Waals surface area contributed by atoms with Gasteiger partial charge in [0.15, 0.2) is 5.75 Å². The molecule has 1 heterocycles. The van der Waals surface area contributed by atoms with Crippen molar-refractivity contribution in [1.82, 2.24) is 4.98 Å². The third kappa shape index (κ3) is 3.52. The van der Waals surface area contributed by atoms with Gasteiger partial charge in [-0.1, -0.05) is 15.9 Å². The first-order chi connectivity index (χ1) is 8.30. The molecule has 0 aliphatic carbocycles. The van der Waals surface area contributed by atoms with E-state index in [0.29, 0.717) is 6.20 Å². The van der Waals surface area contributed by atoms with Crippen LogP contribution in [0.15, 0.2) is 6.20 Å². The van der Waals surface area contributed by atoms with Crippen molar-refractivity contribution in [2.24, 2.45) is 0 Å². The van der Waals surface area contributed by atoms with Crippen LogP contribution in [0.4, 0.5) is 22.0 Å². The number of alkyl halides is 6. The molecule has 1 rings (SSSR count). The summed E-state index contributed by atoms with van der Waals surface area (Å²) in [7, 11) is 0. The van der Waals surface area contributed by atoms with Gasteiger partial charge in [0.2, 0.25) is 0 Å². The summed E-state index contributed by atoms with van der Waals surface area (Å²) in [4.78, 5) is 3.34. The highest BCUT2D eigenvalue weighted by molar-refractivity contribution is 9.08. The number of aromatic nitrogens is 1. The molecule has 0 aromatic carbocycles. The van der Waals surface area contributed by atoms with Gasteiger partial charge in [-0.05, 0) is 0 Å². The molecule has 1 aromatic heterocycles. The van der Waals surface area contributed by atoms with Crippen molar-refractivity contribution in [3.8, 4) is 5.75 Å². The molecule has 3 nitrogen and oxygen atoms in total. The second kappa shape index (κ2) is 5.79. The summed E-state index contributed by atoms with van der Waals surface area (Å²) >= 11 is 2.81. The monoisotopic (exact) mass is 335 g/mol. The SMILES string of the molecule is OCc1ncc(OC(F)(F)F)c(CBr)c1C(F)F. The van der Waals surface area contributed by atoms with E-state index in [0.717, 1.165) is 0 Å². The van der Waals surface area contributed by atoms with Crippen molar-refractivity contribution in [3.63, 3.8) is 0 Å². The Balaban J connectivity index is 3.33. The van der Waals surface area contributed by atoms with Gasteiger partial charge in [0.1, 0.15) is 0 Å². The fourth-order valence-corrected chi connectivity index (χ4v) is 1.90. The maximum Gasteiger partial charge on any atom is 0.573 e. The average Bonchev–Trinajstić information content (AvgIpc) is 2.26. The molecule has 0 fully saturated rings. The van der Waals surface area contributed by atoms with Crippen LogP contribution in [0.25, 0.3) is 0 Å². The molecule has 0 spiro atoms. The van der Waals surface area contributed by atoms with Crippen molar-refractivity contribution < 1.29 is 31.8 Å².